The zero-order chi connectivity index (χ0) is 56.0. The number of nitrogens with zero attached hydrogens (tertiary/aromatic N) is 3. The van der Waals surface area contributed by atoms with Gasteiger partial charge < -0.3 is 0 Å². The minimum Gasteiger partial charge on any atom is -0.256 e. The molecule has 12 aromatic rings. The van der Waals surface area contributed by atoms with Crippen LogP contribution in [-0.2, 0) is 25.7 Å². The van der Waals surface area contributed by atoms with E-state index in [4.69, 9.17) is 13.2 Å². The number of aryl methyl sites for hydroxylation is 6. The molecule has 3 nitrogen and oxygen atoms in total. The number of pyridine rings is 3. The number of rotatable bonds is 12. The topological polar surface area (TPSA) is 38.7 Å². The average molecular weight is 984 g/mol. The third-order valence-electron chi connectivity index (χ3n) is 14.3. The first kappa shape index (κ1) is 40.5. The van der Waals surface area contributed by atoms with Gasteiger partial charge in [0.1, 0.15) is 17.5 Å². The molecule has 0 fully saturated rings. The number of benzene rings is 9. The van der Waals surface area contributed by atoms with Gasteiger partial charge in [-0.2, -0.15) is 0 Å². The molecule has 0 bridgehead atoms. The van der Waals surface area contributed by atoms with Gasteiger partial charge in [-0.3, -0.25) is 15.0 Å². The smallest absolute Gasteiger partial charge is 0.123 e. The quantitative estimate of drug-likeness (QED) is 0.115. The maximum Gasteiger partial charge on any atom is 0.123 e. The molecular weight excluding hydrogens is 928 g/mol. The molecule has 12 rings (SSSR count). The van der Waals surface area contributed by atoms with E-state index in [0.717, 1.165) is 71.6 Å². The average Bonchev–Trinajstić information content (AvgIpc) is 3.53. The van der Waals surface area contributed by atoms with E-state index in [2.05, 4.69) is 82.8 Å². The molecule has 0 unspecified atom stereocenters. The van der Waals surface area contributed by atoms with Crippen molar-refractivity contribution in [2.45, 2.75) is 39.4 Å². The summed E-state index contributed by atoms with van der Waals surface area (Å²) >= 11 is 0. The van der Waals surface area contributed by atoms with E-state index in [-0.39, 0.29) is 24.0 Å². The van der Waals surface area contributed by atoms with Crippen molar-refractivity contribution in [2.75, 3.05) is 0 Å². The van der Waals surface area contributed by atoms with Gasteiger partial charge in [0.15, 0.2) is 0 Å². The Morgan fingerprint density at radius 2 is 0.773 bits per heavy atom. The van der Waals surface area contributed by atoms with E-state index >= 15 is 4.39 Å². The van der Waals surface area contributed by atoms with Crippen LogP contribution in [0.1, 0.15) is 41.6 Å². The van der Waals surface area contributed by atoms with Gasteiger partial charge in [-0.05, 0) is 218 Å². The fourth-order valence-electron chi connectivity index (χ4n) is 10.4. The largest absolute Gasteiger partial charge is 0.256 e. The second-order valence-corrected chi connectivity index (χ2v) is 19.0. The van der Waals surface area contributed by atoms with Gasteiger partial charge >= 0.3 is 0 Å². The summed E-state index contributed by atoms with van der Waals surface area (Å²) in [5.74, 6) is -1.29. The summed E-state index contributed by atoms with van der Waals surface area (Å²) in [4.78, 5) is 14.3. The van der Waals surface area contributed by atoms with Gasteiger partial charge in [-0.15, -0.1) is 0 Å². The highest BCUT2D eigenvalue weighted by molar-refractivity contribution is 6.25. The molecule has 75 heavy (non-hydrogen) atoms. The summed E-state index contributed by atoms with van der Waals surface area (Å²) in [5, 5.41) is 6.80. The van der Waals surface area contributed by atoms with Gasteiger partial charge in [0.25, 0.3) is 0 Å². The van der Waals surface area contributed by atoms with E-state index in [9.17, 15) is 8.78 Å². The van der Waals surface area contributed by atoms with Crippen LogP contribution in [0.4, 0.5) is 13.2 Å². The van der Waals surface area contributed by atoms with Crippen LogP contribution in [0.5, 0.6) is 0 Å². The zero-order valence-electron chi connectivity index (χ0n) is 46.6. The Bertz CT molecular complexity index is 4190. The molecule has 0 saturated heterocycles. The molecule has 0 aliphatic rings. The molecule has 0 atom stereocenters. The molecule has 0 amide bonds. The molecule has 362 valence electrons. The Morgan fingerprint density at radius 1 is 0.320 bits per heavy atom. The lowest BCUT2D eigenvalue weighted by Gasteiger charge is -2.18. The Morgan fingerprint density at radius 3 is 1.33 bits per heavy atom. The lowest BCUT2D eigenvalue weighted by Crippen LogP contribution is -2.01. The normalized spacial score (nSPS) is 13.0. The highest BCUT2D eigenvalue weighted by Gasteiger charge is 2.19. The van der Waals surface area contributed by atoms with Crippen LogP contribution in [0.15, 0.2) is 219 Å². The van der Waals surface area contributed by atoms with E-state index in [1.165, 1.54) is 41.8 Å². The predicted octanol–water partition coefficient (Wildman–Crippen LogP) is 17.9. The van der Waals surface area contributed by atoms with Crippen molar-refractivity contribution >= 4 is 32.3 Å². The van der Waals surface area contributed by atoms with E-state index < -0.39 is 31.2 Å². The van der Waals surface area contributed by atoms with Crippen molar-refractivity contribution in [3.8, 4) is 67.2 Å². The molecule has 6 heteroatoms. The van der Waals surface area contributed by atoms with Crippen molar-refractivity contribution in [2.24, 2.45) is 0 Å². The molecule has 0 aliphatic heterocycles. The molecule has 0 N–H and O–H groups in total. The van der Waals surface area contributed by atoms with Gasteiger partial charge in [0.05, 0.1) is 17.1 Å². The Hall–Kier alpha value is -9.00. The third kappa shape index (κ3) is 9.59. The van der Waals surface area contributed by atoms with Gasteiger partial charge in [-0.1, -0.05) is 115 Å². The fraction of sp³-hybridized carbons (Fsp3) is 0.0870. The van der Waals surface area contributed by atoms with Gasteiger partial charge in [0.2, 0.25) is 0 Å². The van der Waals surface area contributed by atoms with Crippen LogP contribution in [0.25, 0.3) is 99.5 Å². The van der Waals surface area contributed by atoms with Crippen molar-refractivity contribution in [3.05, 3.63) is 270 Å². The number of hydrogen-bond acceptors (Lipinski definition) is 3. The van der Waals surface area contributed by atoms with Crippen molar-refractivity contribution in [3.63, 3.8) is 0 Å². The summed E-state index contributed by atoms with van der Waals surface area (Å²) in [6, 6.07) is 60.9. The lowest BCUT2D eigenvalue weighted by molar-refractivity contribution is 0.627. The maximum atomic E-state index is 16.1. The van der Waals surface area contributed by atoms with Crippen LogP contribution in [0.3, 0.4) is 0 Å². The molecule has 0 spiro atoms. The van der Waals surface area contributed by atoms with E-state index in [1.807, 2.05) is 54.7 Å². The van der Waals surface area contributed by atoms with Crippen LogP contribution in [0, 0.1) is 31.2 Å². The first-order valence-corrected chi connectivity index (χ1v) is 24.9. The molecule has 3 aromatic heterocycles. The first-order valence-electron chi connectivity index (χ1n) is 27.9. The van der Waals surface area contributed by atoms with Gasteiger partial charge in [0, 0.05) is 49.1 Å². The molecule has 9 aromatic carbocycles. The van der Waals surface area contributed by atoms with Crippen molar-refractivity contribution in [1.82, 2.24) is 15.0 Å². The molecule has 3 heterocycles. The lowest BCUT2D eigenvalue weighted by atomic mass is 9.86. The number of fused-ring (bicyclic) bond motifs is 6. The van der Waals surface area contributed by atoms with Crippen LogP contribution < -0.4 is 0 Å². The number of aromatic nitrogens is 3. The molecule has 0 aliphatic carbocycles. The predicted molar refractivity (Wildman–Crippen MR) is 302 cm³/mol. The Kier molecular flexibility index (Phi) is 10.9. The van der Waals surface area contributed by atoms with Crippen LogP contribution >= 0.6 is 0 Å². The highest BCUT2D eigenvalue weighted by atomic mass is 19.1. The summed E-state index contributed by atoms with van der Waals surface area (Å²) in [6.45, 7) is -4.99. The van der Waals surface area contributed by atoms with Gasteiger partial charge in [-0.25, -0.2) is 13.2 Å². The van der Waals surface area contributed by atoms with Crippen molar-refractivity contribution < 1.29 is 21.4 Å². The first-order chi connectivity index (χ1) is 39.1. The summed E-state index contributed by atoms with van der Waals surface area (Å²) in [7, 11) is 0. The second-order valence-electron chi connectivity index (χ2n) is 19.0. The monoisotopic (exact) mass is 983 g/mol. The fourth-order valence-corrected chi connectivity index (χ4v) is 10.4. The van der Waals surface area contributed by atoms with Crippen LogP contribution in [-0.4, -0.2) is 15.0 Å². The summed E-state index contributed by atoms with van der Waals surface area (Å²) in [6.07, 6.45) is 6.28. The third-order valence-corrected chi connectivity index (χ3v) is 14.3. The summed E-state index contributed by atoms with van der Waals surface area (Å²) < 4.78 is 95.3. The van der Waals surface area contributed by atoms with Crippen LogP contribution in [0.2, 0.25) is 0 Å². The minimum absolute atomic E-state index is 0.128. The maximum absolute atomic E-state index is 16.1. The highest BCUT2D eigenvalue weighted by Crippen LogP contribution is 2.43. The molecular formula is C69H50F3N3. The number of hydrogen-bond donors (Lipinski definition) is 0. The van der Waals surface area contributed by atoms with E-state index in [0.29, 0.717) is 57.6 Å². The minimum atomic E-state index is -2.50. The number of halogens is 3. The zero-order valence-corrected chi connectivity index (χ0v) is 40.6. The second kappa shape index (κ2) is 20.1. The summed E-state index contributed by atoms with van der Waals surface area (Å²) in [5.41, 5.74) is 11.2. The van der Waals surface area contributed by atoms with Crippen molar-refractivity contribution in [1.29, 1.82) is 0 Å². The molecule has 0 radical (unpaired) electrons. The Labute approximate surface area is 443 Å². The SMILES string of the molecule is [2H]C([2H])([2H])c1cc(-c2ccc(F)cc2)ncc1CCc1cc(CCc2cnc(-c3ccc(F)cc3)cc2C([2H])([2H])[2H])cc(-c2cc(F)ccc2-c2cnc(-c3ccccc3)cc2-c2ccc3c4ccccc4c4ccccc4c3c2)c1. The standard InChI is InChI=1S/C69H50F3N3/c1-43-32-67(48-20-25-54(70)26-21-48)73-40-51(43)18-16-45-34-46(17-19-52-41-74-68(33-44(52)2)49-22-27-55(71)28-23-49)36-53(35-45)63-38-56(72)29-31-62(63)66-42-75-69(47-10-4-3-5-11-47)39-64(66)50-24-30-61-59-14-7-6-12-57(59)58-13-8-9-15-60(58)65(61)37-50/h3-15,20-42H,16-19H2,1-2H3/i1D3,2D3. The molecule has 0 saturated carbocycles. The Balaban J connectivity index is 0.996. The van der Waals surface area contributed by atoms with E-state index in [1.54, 1.807) is 54.9 Å².